The maximum atomic E-state index is 6.16. The van der Waals surface area contributed by atoms with E-state index in [1.807, 2.05) is 0 Å². The van der Waals surface area contributed by atoms with Gasteiger partial charge in [-0.15, -0.1) is 24.0 Å². The van der Waals surface area contributed by atoms with Crippen LogP contribution in [-0.4, -0.2) is 18.0 Å². The van der Waals surface area contributed by atoms with Crippen LogP contribution in [0.15, 0.2) is 29.3 Å². The summed E-state index contributed by atoms with van der Waals surface area (Å²) in [5.41, 5.74) is 9.19. The van der Waals surface area contributed by atoms with Crippen LogP contribution in [0.3, 0.4) is 0 Å². The number of halogens is 1. The molecule has 0 amide bonds. The lowest BCUT2D eigenvalue weighted by Crippen LogP contribution is -2.40. The van der Waals surface area contributed by atoms with Crippen molar-refractivity contribution in [1.29, 1.82) is 0 Å². The summed E-state index contributed by atoms with van der Waals surface area (Å²) in [6.45, 7) is 0. The maximum Gasteiger partial charge on any atom is 0.189 e. The monoisotopic (exact) mass is 411 g/mol. The van der Waals surface area contributed by atoms with Gasteiger partial charge in [0.05, 0.1) is 6.04 Å². The number of fused-ring (bicyclic) bond motifs is 3. The van der Waals surface area contributed by atoms with Crippen molar-refractivity contribution in [3.63, 3.8) is 0 Å². The molecule has 3 N–H and O–H groups in total. The van der Waals surface area contributed by atoms with E-state index in [1.54, 1.807) is 0 Å². The summed E-state index contributed by atoms with van der Waals surface area (Å²) in [7, 11) is 0. The largest absolute Gasteiger partial charge is 0.370 e. The van der Waals surface area contributed by atoms with Crippen molar-refractivity contribution < 1.29 is 0 Å². The fraction of sp³-hybridized carbons (Fsp3) is 0.611. The molecule has 4 rings (SSSR count). The fourth-order valence-electron chi connectivity index (χ4n) is 4.32. The molecule has 2 fully saturated rings. The predicted molar refractivity (Wildman–Crippen MR) is 102 cm³/mol. The summed E-state index contributed by atoms with van der Waals surface area (Å²) in [5.74, 6) is 2.02. The first-order valence-corrected chi connectivity index (χ1v) is 8.50. The topological polar surface area (TPSA) is 50.4 Å². The highest BCUT2D eigenvalue weighted by molar-refractivity contribution is 14.0. The second-order valence-corrected chi connectivity index (χ2v) is 6.93. The third kappa shape index (κ3) is 3.12. The lowest BCUT2D eigenvalue weighted by molar-refractivity contribution is 0.529. The Morgan fingerprint density at radius 1 is 1.09 bits per heavy atom. The number of nitrogens with two attached hydrogens (primary N) is 1. The Labute approximate surface area is 150 Å². The molecule has 0 spiro atoms. The summed E-state index contributed by atoms with van der Waals surface area (Å²) >= 11 is 0. The van der Waals surface area contributed by atoms with Crippen molar-refractivity contribution in [2.45, 2.75) is 62.9 Å². The van der Waals surface area contributed by atoms with Crippen LogP contribution in [0.25, 0.3) is 0 Å². The molecule has 0 saturated heterocycles. The van der Waals surface area contributed by atoms with E-state index in [0.29, 0.717) is 29.9 Å². The van der Waals surface area contributed by atoms with Crippen molar-refractivity contribution in [3.05, 3.63) is 35.4 Å². The van der Waals surface area contributed by atoms with E-state index in [0.717, 1.165) is 0 Å². The van der Waals surface area contributed by atoms with Crippen LogP contribution in [-0.2, 0) is 6.42 Å². The molecule has 0 bridgehead atoms. The Balaban J connectivity index is 0.00000144. The van der Waals surface area contributed by atoms with Crippen LogP contribution in [0.1, 0.15) is 55.6 Å². The van der Waals surface area contributed by atoms with Gasteiger partial charge in [0.1, 0.15) is 0 Å². The Hall–Kier alpha value is -0.780. The van der Waals surface area contributed by atoms with Gasteiger partial charge in [-0.05, 0) is 36.3 Å². The van der Waals surface area contributed by atoms with Crippen LogP contribution >= 0.6 is 24.0 Å². The molecule has 0 radical (unpaired) electrons. The molecule has 4 heteroatoms. The van der Waals surface area contributed by atoms with Gasteiger partial charge < -0.3 is 11.1 Å². The van der Waals surface area contributed by atoms with Gasteiger partial charge in [0.15, 0.2) is 5.96 Å². The SMILES string of the molecule is I.NC(=NC1C2Cc3ccccc3C21)NC1CCCCCC1. The van der Waals surface area contributed by atoms with E-state index < -0.39 is 0 Å². The number of benzene rings is 1. The van der Waals surface area contributed by atoms with Gasteiger partial charge in [-0.1, -0.05) is 49.9 Å². The van der Waals surface area contributed by atoms with Crippen molar-refractivity contribution in [1.82, 2.24) is 5.32 Å². The minimum absolute atomic E-state index is 0. The predicted octanol–water partition coefficient (Wildman–Crippen LogP) is 3.57. The smallest absolute Gasteiger partial charge is 0.189 e. The third-order valence-corrected chi connectivity index (χ3v) is 5.49. The van der Waals surface area contributed by atoms with Gasteiger partial charge in [-0.3, -0.25) is 0 Å². The number of guanidine groups is 1. The zero-order valence-corrected chi connectivity index (χ0v) is 15.3. The second kappa shape index (κ2) is 6.77. The highest BCUT2D eigenvalue weighted by Gasteiger charge is 2.55. The quantitative estimate of drug-likeness (QED) is 0.338. The number of hydrogen-bond acceptors (Lipinski definition) is 1. The molecule has 0 aromatic heterocycles. The molecule has 1 aromatic carbocycles. The van der Waals surface area contributed by atoms with Crippen LogP contribution in [0, 0.1) is 5.92 Å². The standard InChI is InChI=1S/C18H25N3.HI/c19-18(20-13-8-3-1-2-4-9-13)21-17-15-11-12-7-5-6-10-14(12)16(15)17;/h5-7,10,13,15-17H,1-4,8-9,11H2,(H3,19,20,21);1H. The lowest BCUT2D eigenvalue weighted by Gasteiger charge is -2.17. The summed E-state index contributed by atoms with van der Waals surface area (Å²) in [6, 6.07) is 9.79. The number of nitrogens with one attached hydrogen (secondary N) is 1. The molecule has 120 valence electrons. The van der Waals surface area contributed by atoms with Gasteiger partial charge in [-0.2, -0.15) is 0 Å². The zero-order chi connectivity index (χ0) is 14.2. The number of rotatable bonds is 2. The van der Waals surface area contributed by atoms with Gasteiger partial charge in [-0.25, -0.2) is 4.99 Å². The van der Waals surface area contributed by atoms with E-state index >= 15 is 0 Å². The van der Waals surface area contributed by atoms with E-state index in [1.165, 1.54) is 56.1 Å². The lowest BCUT2D eigenvalue weighted by atomic mass is 10.1. The Bertz CT molecular complexity index is 549. The van der Waals surface area contributed by atoms with Gasteiger partial charge in [0, 0.05) is 12.0 Å². The number of aliphatic imine (C=N–C) groups is 1. The van der Waals surface area contributed by atoms with Crippen LogP contribution in [0.4, 0.5) is 0 Å². The van der Waals surface area contributed by atoms with E-state index in [2.05, 4.69) is 29.6 Å². The molecule has 1 aromatic rings. The van der Waals surface area contributed by atoms with Crippen molar-refractivity contribution >= 4 is 29.9 Å². The first-order valence-electron chi connectivity index (χ1n) is 8.50. The molecule has 3 aliphatic rings. The van der Waals surface area contributed by atoms with Crippen molar-refractivity contribution in [3.8, 4) is 0 Å². The molecule has 22 heavy (non-hydrogen) atoms. The van der Waals surface area contributed by atoms with Gasteiger partial charge >= 0.3 is 0 Å². The normalized spacial score (nSPS) is 30.7. The fourth-order valence-corrected chi connectivity index (χ4v) is 4.32. The summed E-state index contributed by atoms with van der Waals surface area (Å²) < 4.78 is 0. The number of hydrogen-bond donors (Lipinski definition) is 2. The van der Waals surface area contributed by atoms with Gasteiger partial charge in [0.25, 0.3) is 0 Å². The molecule has 0 heterocycles. The highest BCUT2D eigenvalue weighted by Crippen LogP contribution is 2.58. The Kier molecular flexibility index (Phi) is 4.95. The molecule has 3 unspecified atom stereocenters. The maximum absolute atomic E-state index is 6.16. The second-order valence-electron chi connectivity index (χ2n) is 6.93. The van der Waals surface area contributed by atoms with E-state index in [4.69, 9.17) is 10.7 Å². The minimum atomic E-state index is 0. The summed E-state index contributed by atoms with van der Waals surface area (Å²) in [5, 5.41) is 3.47. The first-order chi connectivity index (χ1) is 10.3. The van der Waals surface area contributed by atoms with Crippen LogP contribution in [0.5, 0.6) is 0 Å². The van der Waals surface area contributed by atoms with E-state index in [9.17, 15) is 0 Å². The number of nitrogens with zero attached hydrogens (tertiary/aromatic N) is 1. The minimum Gasteiger partial charge on any atom is -0.370 e. The van der Waals surface area contributed by atoms with Crippen LogP contribution in [0.2, 0.25) is 0 Å². The van der Waals surface area contributed by atoms with Gasteiger partial charge in [0.2, 0.25) is 0 Å². The van der Waals surface area contributed by atoms with Crippen LogP contribution < -0.4 is 11.1 Å². The molecule has 2 saturated carbocycles. The Morgan fingerprint density at radius 2 is 1.82 bits per heavy atom. The zero-order valence-electron chi connectivity index (χ0n) is 13.0. The summed E-state index contributed by atoms with van der Waals surface area (Å²) in [6.07, 6.45) is 9.08. The molecular weight excluding hydrogens is 385 g/mol. The van der Waals surface area contributed by atoms with E-state index in [-0.39, 0.29) is 24.0 Å². The Morgan fingerprint density at radius 3 is 2.59 bits per heavy atom. The third-order valence-electron chi connectivity index (χ3n) is 5.49. The molecular formula is C18H26IN3. The average Bonchev–Trinajstić information content (AvgIpc) is 3.09. The first kappa shape index (κ1) is 16.1. The molecule has 3 aliphatic carbocycles. The molecule has 3 atom stereocenters. The molecule has 3 nitrogen and oxygen atoms in total. The summed E-state index contributed by atoms with van der Waals surface area (Å²) in [4.78, 5) is 4.78. The average molecular weight is 411 g/mol. The van der Waals surface area contributed by atoms with Crippen molar-refractivity contribution in [2.75, 3.05) is 0 Å². The van der Waals surface area contributed by atoms with Crippen molar-refractivity contribution in [2.24, 2.45) is 16.6 Å². The highest BCUT2D eigenvalue weighted by atomic mass is 127. The molecule has 0 aliphatic heterocycles.